The van der Waals surface area contributed by atoms with Crippen molar-refractivity contribution in [1.82, 2.24) is 15.1 Å². The minimum Gasteiger partial charge on any atom is -0.333 e. The van der Waals surface area contributed by atoms with E-state index in [0.717, 1.165) is 17.8 Å². The molecule has 104 valence electrons. The molecule has 19 heavy (non-hydrogen) atoms. The molecule has 0 unspecified atom stereocenters. The molecule has 0 atom stereocenters. The molecule has 1 aliphatic heterocycles. The number of likely N-dealkylation sites (tertiary alicyclic amines) is 1. The molecular formula is C12H18N4O2S. The smallest absolute Gasteiger partial charge is 0.245 e. The topological polar surface area (TPSA) is 75.2 Å². The van der Waals surface area contributed by atoms with Crippen LogP contribution in [0.15, 0.2) is 0 Å². The quantitative estimate of drug-likeness (QED) is 0.910. The van der Waals surface area contributed by atoms with Crippen LogP contribution in [0.2, 0.25) is 0 Å². The third-order valence-corrected chi connectivity index (χ3v) is 4.08. The van der Waals surface area contributed by atoms with E-state index in [0.29, 0.717) is 24.0 Å². The molecule has 7 heteroatoms. The lowest BCUT2D eigenvalue weighted by Crippen LogP contribution is -2.40. The van der Waals surface area contributed by atoms with Crippen LogP contribution in [0.4, 0.5) is 5.13 Å². The van der Waals surface area contributed by atoms with Crippen LogP contribution in [0.5, 0.6) is 0 Å². The average molecular weight is 282 g/mol. The fourth-order valence-corrected chi connectivity index (χ4v) is 2.64. The highest BCUT2D eigenvalue weighted by molar-refractivity contribution is 7.15. The van der Waals surface area contributed by atoms with Gasteiger partial charge in [0, 0.05) is 18.9 Å². The monoisotopic (exact) mass is 282 g/mol. The van der Waals surface area contributed by atoms with E-state index in [9.17, 15) is 9.59 Å². The Morgan fingerprint density at radius 3 is 2.84 bits per heavy atom. The number of rotatable bonds is 4. The number of hydrogen-bond donors (Lipinski definition) is 1. The van der Waals surface area contributed by atoms with Crippen molar-refractivity contribution in [3.8, 4) is 0 Å². The lowest BCUT2D eigenvalue weighted by molar-refractivity contribution is -0.136. The number of anilines is 1. The number of nitrogens with zero attached hydrogens (tertiary/aromatic N) is 3. The molecule has 1 aliphatic rings. The molecule has 1 aromatic rings. The Morgan fingerprint density at radius 2 is 2.21 bits per heavy atom. The summed E-state index contributed by atoms with van der Waals surface area (Å²) in [6.07, 6.45) is 2.43. The second-order valence-corrected chi connectivity index (χ2v) is 5.93. The minimum atomic E-state index is -0.207. The highest BCUT2D eigenvalue weighted by atomic mass is 32.1. The maximum atomic E-state index is 11.8. The zero-order valence-electron chi connectivity index (χ0n) is 11.2. The van der Waals surface area contributed by atoms with Gasteiger partial charge in [0.2, 0.25) is 16.9 Å². The summed E-state index contributed by atoms with van der Waals surface area (Å²) >= 11 is 1.37. The molecule has 1 saturated heterocycles. The van der Waals surface area contributed by atoms with E-state index in [-0.39, 0.29) is 18.4 Å². The summed E-state index contributed by atoms with van der Waals surface area (Å²) in [5, 5.41) is 12.0. The SMILES string of the molecule is CC(C)c1nnc(NC(=O)CN2CCCCC2=O)s1. The summed E-state index contributed by atoms with van der Waals surface area (Å²) in [5.41, 5.74) is 0. The molecule has 0 aliphatic carbocycles. The summed E-state index contributed by atoms with van der Waals surface area (Å²) in [5.74, 6) is 0.148. The molecule has 1 fully saturated rings. The molecule has 2 heterocycles. The number of piperidine rings is 1. The van der Waals surface area contributed by atoms with Gasteiger partial charge in [-0.3, -0.25) is 14.9 Å². The predicted molar refractivity (Wildman–Crippen MR) is 73.1 cm³/mol. The van der Waals surface area contributed by atoms with Crippen molar-refractivity contribution in [2.45, 2.75) is 39.0 Å². The molecule has 0 aromatic carbocycles. The number of amides is 2. The van der Waals surface area contributed by atoms with Gasteiger partial charge in [-0.2, -0.15) is 0 Å². The number of nitrogens with one attached hydrogen (secondary N) is 1. The van der Waals surface area contributed by atoms with Gasteiger partial charge in [0.15, 0.2) is 0 Å². The van der Waals surface area contributed by atoms with Crippen LogP contribution in [0, 0.1) is 0 Å². The van der Waals surface area contributed by atoms with Gasteiger partial charge in [-0.15, -0.1) is 10.2 Å². The maximum Gasteiger partial charge on any atom is 0.245 e. The molecule has 2 rings (SSSR count). The molecular weight excluding hydrogens is 264 g/mol. The van der Waals surface area contributed by atoms with E-state index >= 15 is 0 Å². The molecule has 1 N–H and O–H groups in total. The lowest BCUT2D eigenvalue weighted by atomic mass is 10.1. The summed E-state index contributed by atoms with van der Waals surface area (Å²) in [7, 11) is 0. The van der Waals surface area contributed by atoms with Crippen molar-refractivity contribution in [2.75, 3.05) is 18.4 Å². The molecule has 2 amide bonds. The Balaban J connectivity index is 1.88. The molecule has 0 radical (unpaired) electrons. The van der Waals surface area contributed by atoms with Crippen LogP contribution < -0.4 is 5.32 Å². The predicted octanol–water partition coefficient (Wildman–Crippen LogP) is 1.61. The number of carbonyl (C=O) groups excluding carboxylic acids is 2. The first-order valence-electron chi connectivity index (χ1n) is 6.47. The number of hydrogen-bond acceptors (Lipinski definition) is 5. The molecule has 0 spiro atoms. The third kappa shape index (κ3) is 3.73. The van der Waals surface area contributed by atoms with E-state index in [4.69, 9.17) is 0 Å². The first kappa shape index (κ1) is 13.9. The van der Waals surface area contributed by atoms with E-state index in [1.807, 2.05) is 13.8 Å². The summed E-state index contributed by atoms with van der Waals surface area (Å²) in [4.78, 5) is 25.0. The van der Waals surface area contributed by atoms with E-state index < -0.39 is 0 Å². The first-order chi connectivity index (χ1) is 9.06. The van der Waals surface area contributed by atoms with Crippen LogP contribution in [0.3, 0.4) is 0 Å². The first-order valence-corrected chi connectivity index (χ1v) is 7.29. The highest BCUT2D eigenvalue weighted by Crippen LogP contribution is 2.22. The Labute approximate surface area is 116 Å². The fourth-order valence-electron chi connectivity index (χ4n) is 1.88. The highest BCUT2D eigenvalue weighted by Gasteiger charge is 2.21. The van der Waals surface area contributed by atoms with Crippen molar-refractivity contribution in [3.05, 3.63) is 5.01 Å². The van der Waals surface area contributed by atoms with Crippen molar-refractivity contribution in [3.63, 3.8) is 0 Å². The standard InChI is InChI=1S/C12H18N4O2S/c1-8(2)11-14-15-12(19-11)13-9(17)7-16-6-4-3-5-10(16)18/h8H,3-7H2,1-2H3,(H,13,15,17). The summed E-state index contributed by atoms with van der Waals surface area (Å²) in [6.45, 7) is 4.83. The second kappa shape index (κ2) is 6.10. The lowest BCUT2D eigenvalue weighted by Gasteiger charge is -2.25. The summed E-state index contributed by atoms with van der Waals surface area (Å²) < 4.78 is 0. The Bertz CT molecular complexity index is 472. The van der Waals surface area contributed by atoms with E-state index in [1.165, 1.54) is 11.3 Å². The van der Waals surface area contributed by atoms with Gasteiger partial charge in [0.25, 0.3) is 0 Å². The van der Waals surface area contributed by atoms with E-state index in [2.05, 4.69) is 15.5 Å². The average Bonchev–Trinajstić information content (AvgIpc) is 2.80. The van der Waals surface area contributed by atoms with Crippen molar-refractivity contribution in [1.29, 1.82) is 0 Å². The van der Waals surface area contributed by atoms with Gasteiger partial charge in [-0.25, -0.2) is 0 Å². The van der Waals surface area contributed by atoms with Gasteiger partial charge in [0.1, 0.15) is 5.01 Å². The van der Waals surface area contributed by atoms with Gasteiger partial charge >= 0.3 is 0 Å². The largest absolute Gasteiger partial charge is 0.333 e. The number of carbonyl (C=O) groups is 2. The van der Waals surface area contributed by atoms with Crippen LogP contribution >= 0.6 is 11.3 Å². The normalized spacial score (nSPS) is 15.9. The summed E-state index contributed by atoms with van der Waals surface area (Å²) in [6, 6.07) is 0. The van der Waals surface area contributed by atoms with Crippen molar-refractivity contribution in [2.24, 2.45) is 0 Å². The van der Waals surface area contributed by atoms with Crippen molar-refractivity contribution >= 4 is 28.3 Å². The van der Waals surface area contributed by atoms with Gasteiger partial charge in [0.05, 0.1) is 6.54 Å². The van der Waals surface area contributed by atoms with Crippen LogP contribution in [0.25, 0.3) is 0 Å². The van der Waals surface area contributed by atoms with Crippen LogP contribution in [-0.2, 0) is 9.59 Å². The molecule has 6 nitrogen and oxygen atoms in total. The van der Waals surface area contributed by atoms with Crippen LogP contribution in [0.1, 0.15) is 44.0 Å². The van der Waals surface area contributed by atoms with Crippen LogP contribution in [-0.4, -0.2) is 40.0 Å². The van der Waals surface area contributed by atoms with Gasteiger partial charge in [-0.1, -0.05) is 25.2 Å². The Hall–Kier alpha value is -1.50. The molecule has 0 saturated carbocycles. The third-order valence-electron chi connectivity index (χ3n) is 2.94. The zero-order chi connectivity index (χ0) is 13.8. The molecule has 1 aromatic heterocycles. The number of aromatic nitrogens is 2. The maximum absolute atomic E-state index is 11.8. The second-order valence-electron chi connectivity index (χ2n) is 4.92. The van der Waals surface area contributed by atoms with E-state index in [1.54, 1.807) is 4.90 Å². The van der Waals surface area contributed by atoms with Crippen molar-refractivity contribution < 1.29 is 9.59 Å². The van der Waals surface area contributed by atoms with Gasteiger partial charge < -0.3 is 4.90 Å². The Morgan fingerprint density at radius 1 is 1.42 bits per heavy atom. The molecule has 0 bridgehead atoms. The zero-order valence-corrected chi connectivity index (χ0v) is 12.0. The fraction of sp³-hybridized carbons (Fsp3) is 0.667. The minimum absolute atomic E-state index is 0.0570. The van der Waals surface area contributed by atoms with Gasteiger partial charge in [-0.05, 0) is 12.8 Å². The Kier molecular flexibility index (Phi) is 4.47.